The Balaban J connectivity index is 1.91. The molecule has 2 heterocycles. The van der Waals surface area contributed by atoms with E-state index in [1.807, 2.05) is 11.4 Å². The lowest BCUT2D eigenvalue weighted by Crippen LogP contribution is -2.16. The molecule has 0 spiro atoms. The maximum Gasteiger partial charge on any atom is 0.0468 e. The fourth-order valence-electron chi connectivity index (χ4n) is 1.38. The first-order chi connectivity index (χ1) is 7.27. The number of rotatable bonds is 4. The van der Waals surface area contributed by atoms with Crippen LogP contribution in [0, 0.1) is 0 Å². The number of nitrogens with one attached hydrogen (secondary N) is 1. The van der Waals surface area contributed by atoms with Gasteiger partial charge in [-0.25, -0.2) is 0 Å². The molecule has 0 fully saturated rings. The summed E-state index contributed by atoms with van der Waals surface area (Å²) >= 11 is 3.49. The monoisotopic (exact) mass is 238 g/mol. The molecule has 2 rings (SSSR count). The second kappa shape index (κ2) is 4.79. The normalized spacial score (nSPS) is 12.9. The summed E-state index contributed by atoms with van der Waals surface area (Å²) in [7, 11) is 0. The van der Waals surface area contributed by atoms with Gasteiger partial charge in [0.2, 0.25) is 0 Å². The first kappa shape index (κ1) is 10.7. The number of nitrogens with two attached hydrogens (primary N) is 1. The average molecular weight is 238 g/mol. The summed E-state index contributed by atoms with van der Waals surface area (Å²) in [5, 5.41) is 7.60. The lowest BCUT2D eigenvalue weighted by molar-refractivity contribution is 0.588. The van der Waals surface area contributed by atoms with E-state index in [2.05, 4.69) is 29.8 Å². The van der Waals surface area contributed by atoms with Crippen LogP contribution in [0.5, 0.6) is 0 Å². The first-order valence-corrected chi connectivity index (χ1v) is 6.62. The molecule has 0 unspecified atom stereocenters. The SMILES string of the molecule is C[C@@H](NCc1sccc1N)c1cccs1. The molecule has 15 heavy (non-hydrogen) atoms. The molecule has 1 atom stereocenters. The Morgan fingerprint density at radius 1 is 1.33 bits per heavy atom. The van der Waals surface area contributed by atoms with Crippen molar-refractivity contribution < 1.29 is 0 Å². The standard InChI is InChI=1S/C11H14N2S2/c1-8(10-3-2-5-14-10)13-7-11-9(12)4-6-15-11/h2-6,8,13H,7,12H2,1H3/t8-/m1/s1. The Morgan fingerprint density at radius 3 is 2.80 bits per heavy atom. The molecule has 0 bridgehead atoms. The molecule has 4 heteroatoms. The van der Waals surface area contributed by atoms with Crippen LogP contribution in [-0.4, -0.2) is 0 Å². The third-order valence-corrected chi connectivity index (χ3v) is 4.31. The Morgan fingerprint density at radius 2 is 2.20 bits per heavy atom. The van der Waals surface area contributed by atoms with Gasteiger partial charge in [0.15, 0.2) is 0 Å². The first-order valence-electron chi connectivity index (χ1n) is 4.86. The molecule has 80 valence electrons. The highest BCUT2D eigenvalue weighted by atomic mass is 32.1. The van der Waals surface area contributed by atoms with Crippen LogP contribution in [0.25, 0.3) is 0 Å². The summed E-state index contributed by atoms with van der Waals surface area (Å²) in [6, 6.07) is 6.58. The Labute approximate surface area is 97.8 Å². The molecular weight excluding hydrogens is 224 g/mol. The van der Waals surface area contributed by atoms with Crippen LogP contribution in [0.2, 0.25) is 0 Å². The maximum atomic E-state index is 5.82. The van der Waals surface area contributed by atoms with Gasteiger partial charge in [-0.05, 0) is 29.8 Å². The summed E-state index contributed by atoms with van der Waals surface area (Å²) in [6.07, 6.45) is 0. The van der Waals surface area contributed by atoms with E-state index in [9.17, 15) is 0 Å². The second-order valence-electron chi connectivity index (χ2n) is 3.42. The molecule has 0 aromatic carbocycles. The van der Waals surface area contributed by atoms with Gasteiger partial charge in [0.25, 0.3) is 0 Å². The predicted molar refractivity (Wildman–Crippen MR) is 68.3 cm³/mol. The minimum atomic E-state index is 0.395. The van der Waals surface area contributed by atoms with Crippen molar-refractivity contribution in [3.63, 3.8) is 0 Å². The summed E-state index contributed by atoms with van der Waals surface area (Å²) in [5.41, 5.74) is 6.71. The number of thiophene rings is 2. The highest BCUT2D eigenvalue weighted by Gasteiger charge is 2.07. The summed E-state index contributed by atoms with van der Waals surface area (Å²) < 4.78 is 0. The van der Waals surface area contributed by atoms with E-state index in [-0.39, 0.29) is 0 Å². The number of hydrogen-bond acceptors (Lipinski definition) is 4. The van der Waals surface area contributed by atoms with Gasteiger partial charge in [-0.3, -0.25) is 0 Å². The topological polar surface area (TPSA) is 38.0 Å². The minimum absolute atomic E-state index is 0.395. The largest absolute Gasteiger partial charge is 0.398 e. The van der Waals surface area contributed by atoms with Gasteiger partial charge in [-0.15, -0.1) is 22.7 Å². The zero-order chi connectivity index (χ0) is 10.7. The quantitative estimate of drug-likeness (QED) is 0.858. The molecule has 0 radical (unpaired) electrons. The molecule has 2 aromatic heterocycles. The van der Waals surface area contributed by atoms with Gasteiger partial charge in [-0.2, -0.15) is 0 Å². The Hall–Kier alpha value is -0.840. The molecule has 2 aromatic rings. The number of nitrogen functional groups attached to an aromatic ring is 1. The van der Waals surface area contributed by atoms with Crippen LogP contribution in [-0.2, 0) is 6.54 Å². The van der Waals surface area contributed by atoms with E-state index in [4.69, 9.17) is 5.73 Å². The fourth-order valence-corrected chi connectivity index (χ4v) is 2.89. The van der Waals surface area contributed by atoms with Gasteiger partial charge in [0.05, 0.1) is 0 Å². The van der Waals surface area contributed by atoms with Crippen molar-refractivity contribution in [1.29, 1.82) is 0 Å². The average Bonchev–Trinajstić information content (AvgIpc) is 2.85. The van der Waals surface area contributed by atoms with Crippen LogP contribution >= 0.6 is 22.7 Å². The fraction of sp³-hybridized carbons (Fsp3) is 0.273. The third kappa shape index (κ3) is 2.59. The van der Waals surface area contributed by atoms with Crippen LogP contribution in [0.1, 0.15) is 22.7 Å². The lowest BCUT2D eigenvalue weighted by atomic mass is 10.2. The molecular formula is C11H14N2S2. The van der Waals surface area contributed by atoms with E-state index >= 15 is 0 Å². The summed E-state index contributed by atoms with van der Waals surface area (Å²) in [6.45, 7) is 3.03. The number of anilines is 1. The smallest absolute Gasteiger partial charge is 0.0468 e. The van der Waals surface area contributed by atoms with Gasteiger partial charge in [0.1, 0.15) is 0 Å². The molecule has 0 saturated carbocycles. The van der Waals surface area contributed by atoms with E-state index in [0.717, 1.165) is 12.2 Å². The van der Waals surface area contributed by atoms with Crippen molar-refractivity contribution >= 4 is 28.4 Å². The molecule has 0 aliphatic heterocycles. The van der Waals surface area contributed by atoms with Gasteiger partial charge in [-0.1, -0.05) is 6.07 Å². The Kier molecular flexibility index (Phi) is 3.41. The van der Waals surface area contributed by atoms with Crippen molar-refractivity contribution in [2.24, 2.45) is 0 Å². The van der Waals surface area contributed by atoms with Crippen molar-refractivity contribution in [3.05, 3.63) is 38.7 Å². The molecule has 0 saturated heterocycles. The van der Waals surface area contributed by atoms with Crippen LogP contribution < -0.4 is 11.1 Å². The van der Waals surface area contributed by atoms with E-state index in [1.165, 1.54) is 9.75 Å². The molecule has 0 aliphatic carbocycles. The van der Waals surface area contributed by atoms with Gasteiger partial charge in [0, 0.05) is 28.0 Å². The third-order valence-electron chi connectivity index (χ3n) is 2.32. The minimum Gasteiger partial charge on any atom is -0.398 e. The van der Waals surface area contributed by atoms with E-state index in [1.54, 1.807) is 22.7 Å². The highest BCUT2D eigenvalue weighted by Crippen LogP contribution is 2.22. The van der Waals surface area contributed by atoms with Gasteiger partial charge >= 0.3 is 0 Å². The lowest BCUT2D eigenvalue weighted by Gasteiger charge is -2.11. The highest BCUT2D eigenvalue weighted by molar-refractivity contribution is 7.10. The Bertz CT molecular complexity index is 406. The van der Waals surface area contributed by atoms with Crippen LogP contribution in [0.3, 0.4) is 0 Å². The molecule has 2 nitrogen and oxygen atoms in total. The zero-order valence-corrected chi connectivity index (χ0v) is 10.2. The molecule has 0 amide bonds. The van der Waals surface area contributed by atoms with Crippen molar-refractivity contribution in [2.75, 3.05) is 5.73 Å². The van der Waals surface area contributed by atoms with Crippen molar-refractivity contribution in [2.45, 2.75) is 19.5 Å². The van der Waals surface area contributed by atoms with E-state index < -0.39 is 0 Å². The second-order valence-corrected chi connectivity index (χ2v) is 5.40. The van der Waals surface area contributed by atoms with Gasteiger partial charge < -0.3 is 11.1 Å². The maximum absolute atomic E-state index is 5.82. The summed E-state index contributed by atoms with van der Waals surface area (Å²) in [5.74, 6) is 0. The van der Waals surface area contributed by atoms with Crippen molar-refractivity contribution in [1.82, 2.24) is 5.32 Å². The molecule has 3 N–H and O–H groups in total. The number of hydrogen-bond donors (Lipinski definition) is 2. The molecule has 0 aliphatic rings. The van der Waals surface area contributed by atoms with E-state index in [0.29, 0.717) is 6.04 Å². The predicted octanol–water partition coefficient (Wildman–Crippen LogP) is 3.24. The van der Waals surface area contributed by atoms with Crippen LogP contribution in [0.15, 0.2) is 29.0 Å². The van der Waals surface area contributed by atoms with Crippen molar-refractivity contribution in [3.8, 4) is 0 Å². The summed E-state index contributed by atoms with van der Waals surface area (Å²) in [4.78, 5) is 2.59. The van der Waals surface area contributed by atoms with Crippen LogP contribution in [0.4, 0.5) is 5.69 Å². The zero-order valence-electron chi connectivity index (χ0n) is 8.57.